The third-order valence-electron chi connectivity index (χ3n) is 2.39. The van der Waals surface area contributed by atoms with Crippen LogP contribution in [-0.2, 0) is 9.47 Å². The van der Waals surface area contributed by atoms with Crippen LogP contribution in [0.3, 0.4) is 0 Å². The van der Waals surface area contributed by atoms with Gasteiger partial charge < -0.3 is 19.7 Å². The summed E-state index contributed by atoms with van der Waals surface area (Å²) in [5.74, 6) is 0.672. The number of ether oxygens (including phenoxy) is 2. The maximum Gasteiger partial charge on any atom is 0.173 e. The molecule has 72 valence electrons. The third-order valence-corrected chi connectivity index (χ3v) is 2.39. The minimum Gasteiger partial charge on any atom is -0.460 e. The summed E-state index contributed by atoms with van der Waals surface area (Å²) in [6, 6.07) is 0. The van der Waals surface area contributed by atoms with Crippen molar-refractivity contribution >= 4 is 0 Å². The lowest BCUT2D eigenvalue weighted by Gasteiger charge is -2.32. The Hall–Kier alpha value is -1.00. The number of aliphatic hydroxyl groups excluding tert-OH is 2. The Kier molecular flexibility index (Phi) is 2.01. The molecule has 2 N–H and O–H groups in total. The van der Waals surface area contributed by atoms with Gasteiger partial charge in [-0.15, -0.1) is 0 Å². The zero-order valence-electron chi connectivity index (χ0n) is 7.30. The van der Waals surface area contributed by atoms with Crippen molar-refractivity contribution in [3.05, 3.63) is 24.0 Å². The van der Waals surface area contributed by atoms with Gasteiger partial charge >= 0.3 is 0 Å². The van der Waals surface area contributed by atoms with Gasteiger partial charge in [0.05, 0.1) is 0 Å². The fraction of sp³-hybridized carbons (Fsp3) is 0.556. The third kappa shape index (κ3) is 1.32. The second kappa shape index (κ2) is 3.05. The molecule has 2 aliphatic rings. The molecule has 0 radical (unpaired) electrons. The van der Waals surface area contributed by atoms with E-state index in [-0.39, 0.29) is 5.92 Å². The van der Waals surface area contributed by atoms with E-state index in [1.165, 1.54) is 12.5 Å². The Morgan fingerprint density at radius 1 is 1.23 bits per heavy atom. The van der Waals surface area contributed by atoms with Gasteiger partial charge in [-0.25, -0.2) is 0 Å². The average Bonchev–Trinajstić information content (AvgIpc) is 2.15. The highest BCUT2D eigenvalue weighted by molar-refractivity contribution is 5.19. The summed E-state index contributed by atoms with van der Waals surface area (Å²) in [7, 11) is 0. The van der Waals surface area contributed by atoms with Crippen molar-refractivity contribution in [2.75, 3.05) is 0 Å². The first-order valence-electron chi connectivity index (χ1n) is 4.28. The highest BCUT2D eigenvalue weighted by atomic mass is 16.6. The molecule has 3 unspecified atom stereocenters. The van der Waals surface area contributed by atoms with E-state index in [4.69, 9.17) is 9.47 Å². The Bertz CT molecular complexity index is 269. The molecule has 0 saturated carbocycles. The molecule has 2 rings (SSSR count). The van der Waals surface area contributed by atoms with Crippen molar-refractivity contribution < 1.29 is 19.7 Å². The van der Waals surface area contributed by atoms with E-state index in [1.807, 2.05) is 6.92 Å². The molecule has 0 saturated heterocycles. The monoisotopic (exact) mass is 184 g/mol. The van der Waals surface area contributed by atoms with Crippen molar-refractivity contribution in [1.82, 2.24) is 0 Å². The summed E-state index contributed by atoms with van der Waals surface area (Å²) in [5, 5.41) is 19.3. The smallest absolute Gasteiger partial charge is 0.173 e. The molecule has 0 fully saturated rings. The molecule has 3 atom stereocenters. The van der Waals surface area contributed by atoms with Gasteiger partial charge in [0.1, 0.15) is 24.7 Å². The molecular weight excluding hydrogens is 172 g/mol. The van der Waals surface area contributed by atoms with Crippen LogP contribution in [0.15, 0.2) is 24.0 Å². The SMILES string of the molecule is CC1CC(O)C2=C(OC=CO2)C1O. The second-order valence-corrected chi connectivity index (χ2v) is 3.41. The first kappa shape index (κ1) is 8.59. The fourth-order valence-corrected chi connectivity index (χ4v) is 1.62. The van der Waals surface area contributed by atoms with E-state index in [0.29, 0.717) is 17.9 Å². The first-order chi connectivity index (χ1) is 6.20. The maximum atomic E-state index is 9.68. The molecule has 0 spiro atoms. The van der Waals surface area contributed by atoms with Crippen LogP contribution in [-0.4, -0.2) is 22.4 Å². The molecule has 0 aromatic rings. The first-order valence-corrected chi connectivity index (χ1v) is 4.28. The van der Waals surface area contributed by atoms with Crippen molar-refractivity contribution in [3.63, 3.8) is 0 Å². The van der Waals surface area contributed by atoms with Crippen LogP contribution in [0.2, 0.25) is 0 Å². The van der Waals surface area contributed by atoms with Crippen molar-refractivity contribution in [3.8, 4) is 0 Å². The van der Waals surface area contributed by atoms with Crippen LogP contribution in [0.1, 0.15) is 13.3 Å². The van der Waals surface area contributed by atoms with Crippen LogP contribution in [0.25, 0.3) is 0 Å². The van der Waals surface area contributed by atoms with E-state index in [2.05, 4.69) is 0 Å². The van der Waals surface area contributed by atoms with Crippen LogP contribution >= 0.6 is 0 Å². The highest BCUT2D eigenvalue weighted by Gasteiger charge is 2.36. The van der Waals surface area contributed by atoms with Crippen LogP contribution in [0.5, 0.6) is 0 Å². The Balaban J connectivity index is 2.31. The van der Waals surface area contributed by atoms with E-state index < -0.39 is 12.2 Å². The quantitative estimate of drug-likeness (QED) is 0.574. The standard InChI is InChI=1S/C9H12O4/c1-5-4-6(10)8-9(7(5)11)13-3-2-12-8/h2-3,5-7,10-11H,4H2,1H3. The summed E-state index contributed by atoms with van der Waals surface area (Å²) >= 11 is 0. The molecule has 0 aromatic carbocycles. The normalized spacial score (nSPS) is 37.9. The summed E-state index contributed by atoms with van der Waals surface area (Å²) in [4.78, 5) is 0. The lowest BCUT2D eigenvalue weighted by Crippen LogP contribution is -2.35. The van der Waals surface area contributed by atoms with Crippen LogP contribution in [0.4, 0.5) is 0 Å². The molecule has 13 heavy (non-hydrogen) atoms. The minimum atomic E-state index is -0.677. The summed E-state index contributed by atoms with van der Waals surface area (Å²) < 4.78 is 10.2. The van der Waals surface area contributed by atoms with E-state index in [1.54, 1.807) is 0 Å². The molecule has 0 bridgehead atoms. The lowest BCUT2D eigenvalue weighted by atomic mass is 9.89. The van der Waals surface area contributed by atoms with Gasteiger partial charge in [0, 0.05) is 0 Å². The van der Waals surface area contributed by atoms with E-state index in [9.17, 15) is 10.2 Å². The zero-order chi connectivity index (χ0) is 9.42. The van der Waals surface area contributed by atoms with Gasteiger partial charge in [0.15, 0.2) is 11.5 Å². The van der Waals surface area contributed by atoms with Gasteiger partial charge in [-0.05, 0) is 12.3 Å². The second-order valence-electron chi connectivity index (χ2n) is 3.41. The van der Waals surface area contributed by atoms with Gasteiger partial charge in [0.2, 0.25) is 0 Å². The van der Waals surface area contributed by atoms with Crippen molar-refractivity contribution in [2.45, 2.75) is 25.6 Å². The molecule has 4 heteroatoms. The molecular formula is C9H12O4. The molecule has 1 aliphatic heterocycles. The Morgan fingerprint density at radius 3 is 2.54 bits per heavy atom. The van der Waals surface area contributed by atoms with Gasteiger partial charge in [-0.2, -0.15) is 0 Å². The molecule has 1 aliphatic carbocycles. The van der Waals surface area contributed by atoms with Crippen LogP contribution < -0.4 is 0 Å². The van der Waals surface area contributed by atoms with E-state index in [0.717, 1.165) is 0 Å². The molecule has 1 heterocycles. The van der Waals surface area contributed by atoms with Gasteiger partial charge in [0.25, 0.3) is 0 Å². The summed E-state index contributed by atoms with van der Waals surface area (Å²) in [6.07, 6.45) is 1.86. The van der Waals surface area contributed by atoms with Crippen LogP contribution in [0, 0.1) is 5.92 Å². The maximum absolute atomic E-state index is 9.68. The van der Waals surface area contributed by atoms with Crippen molar-refractivity contribution in [1.29, 1.82) is 0 Å². The fourth-order valence-electron chi connectivity index (χ4n) is 1.62. The highest BCUT2D eigenvalue weighted by Crippen LogP contribution is 2.33. The predicted molar refractivity (Wildman–Crippen MR) is 44.1 cm³/mol. The molecule has 4 nitrogen and oxygen atoms in total. The van der Waals surface area contributed by atoms with Gasteiger partial charge in [-0.1, -0.05) is 6.92 Å². The molecule has 0 aromatic heterocycles. The number of hydrogen-bond donors (Lipinski definition) is 2. The number of aliphatic hydroxyl groups is 2. The summed E-state index contributed by atoms with van der Waals surface area (Å²) in [6.45, 7) is 1.86. The number of rotatable bonds is 0. The number of hydrogen-bond acceptors (Lipinski definition) is 4. The zero-order valence-corrected chi connectivity index (χ0v) is 7.30. The topological polar surface area (TPSA) is 58.9 Å². The predicted octanol–water partition coefficient (Wildman–Crippen LogP) is 0.478. The average molecular weight is 184 g/mol. The van der Waals surface area contributed by atoms with Gasteiger partial charge in [-0.3, -0.25) is 0 Å². The molecule has 0 amide bonds. The Morgan fingerprint density at radius 2 is 1.85 bits per heavy atom. The summed E-state index contributed by atoms with van der Waals surface area (Å²) in [5.41, 5.74) is 0. The largest absolute Gasteiger partial charge is 0.460 e. The minimum absolute atomic E-state index is 0.0103. The van der Waals surface area contributed by atoms with Crippen molar-refractivity contribution in [2.24, 2.45) is 5.92 Å². The lowest BCUT2D eigenvalue weighted by molar-refractivity contribution is 0.00441. The van der Waals surface area contributed by atoms with E-state index >= 15 is 0 Å². The Labute approximate surface area is 76.1 Å².